The second-order valence-corrected chi connectivity index (χ2v) is 14.4. The van der Waals surface area contributed by atoms with Gasteiger partial charge in [-0.05, 0) is 76.3 Å². The highest BCUT2D eigenvalue weighted by atomic mass is 15.1. The maximum Gasteiger partial charge on any atom is 0.138 e. The molecular weight excluding hydrogens is 679 g/mol. The van der Waals surface area contributed by atoms with Crippen LogP contribution in [0.1, 0.15) is 0 Å². The third-order valence-electron chi connectivity index (χ3n) is 11.1. The van der Waals surface area contributed by atoms with Crippen LogP contribution < -0.4 is 0 Å². The molecule has 8 aromatic carbocycles. The van der Waals surface area contributed by atoms with Crippen LogP contribution in [-0.4, -0.2) is 14.1 Å². The minimum atomic E-state index is 0.893. The van der Waals surface area contributed by atoms with Gasteiger partial charge in [0.05, 0.1) is 27.8 Å². The summed E-state index contributed by atoms with van der Waals surface area (Å²) in [6.45, 7) is 0. The first-order chi connectivity index (χ1) is 27.8. The molecule has 3 heterocycles. The zero-order valence-corrected chi connectivity index (χ0v) is 30.5. The first-order valence-corrected chi connectivity index (χ1v) is 19.1. The monoisotopic (exact) mass is 713 g/mol. The van der Waals surface area contributed by atoms with Crippen LogP contribution in [0.15, 0.2) is 212 Å². The summed E-state index contributed by atoms with van der Waals surface area (Å²) in [4.78, 5) is 5.35. The van der Waals surface area contributed by atoms with Crippen LogP contribution in [-0.2, 0) is 0 Å². The van der Waals surface area contributed by atoms with E-state index in [0.29, 0.717) is 0 Å². The normalized spacial score (nSPS) is 11.6. The van der Waals surface area contributed by atoms with Gasteiger partial charge in [-0.3, -0.25) is 4.57 Å². The van der Waals surface area contributed by atoms with Gasteiger partial charge in [0, 0.05) is 38.4 Å². The van der Waals surface area contributed by atoms with Crippen molar-refractivity contribution in [2.75, 3.05) is 0 Å². The summed E-state index contributed by atoms with van der Waals surface area (Å²) in [5.41, 5.74) is 14.9. The smallest absolute Gasteiger partial charge is 0.138 e. The van der Waals surface area contributed by atoms with Gasteiger partial charge in [0.25, 0.3) is 0 Å². The Balaban J connectivity index is 1.14. The van der Waals surface area contributed by atoms with Crippen LogP contribution >= 0.6 is 0 Å². The molecular formula is C53H35N3. The summed E-state index contributed by atoms with van der Waals surface area (Å²) < 4.78 is 4.78. The van der Waals surface area contributed by atoms with Crippen molar-refractivity contribution in [1.82, 2.24) is 14.1 Å². The lowest BCUT2D eigenvalue weighted by molar-refractivity contribution is 1.08. The highest BCUT2D eigenvalue weighted by Gasteiger charge is 2.20. The number of pyridine rings is 1. The zero-order chi connectivity index (χ0) is 37.0. The first kappa shape index (κ1) is 32.0. The van der Waals surface area contributed by atoms with Crippen LogP contribution in [0.2, 0.25) is 0 Å². The summed E-state index contributed by atoms with van der Waals surface area (Å²) in [7, 11) is 0. The molecule has 0 unspecified atom stereocenters. The van der Waals surface area contributed by atoms with Crippen LogP contribution in [0.3, 0.4) is 0 Å². The minimum absolute atomic E-state index is 0.893. The number of aromatic nitrogens is 3. The van der Waals surface area contributed by atoms with Gasteiger partial charge in [-0.15, -0.1) is 0 Å². The maximum absolute atomic E-state index is 5.35. The van der Waals surface area contributed by atoms with E-state index in [4.69, 9.17) is 4.98 Å². The van der Waals surface area contributed by atoms with E-state index in [-0.39, 0.29) is 0 Å². The highest BCUT2D eigenvalue weighted by Crippen LogP contribution is 2.41. The zero-order valence-electron chi connectivity index (χ0n) is 30.5. The van der Waals surface area contributed by atoms with Gasteiger partial charge in [0.2, 0.25) is 0 Å². The maximum atomic E-state index is 5.35. The Kier molecular flexibility index (Phi) is 7.49. The van der Waals surface area contributed by atoms with Crippen molar-refractivity contribution in [2.24, 2.45) is 0 Å². The lowest BCUT2D eigenvalue weighted by Crippen LogP contribution is -2.00. The molecule has 0 N–H and O–H groups in total. The second kappa shape index (κ2) is 13.1. The SMILES string of the molecule is c1ccc(-c2cccc(-n3c4ccccc4c4cccc(-c5ccc6c(c5)c5ccccc5n6-c5cc(-c6ccccc6)cc(-c6ccccc6)n5)c43)c2)cc1. The summed E-state index contributed by atoms with van der Waals surface area (Å²) in [5, 5.41) is 4.87. The molecule has 11 rings (SSSR count). The minimum Gasteiger partial charge on any atom is -0.309 e. The number of fused-ring (bicyclic) bond motifs is 6. The lowest BCUT2D eigenvalue weighted by Gasteiger charge is -2.14. The van der Waals surface area contributed by atoms with Crippen LogP contribution in [0.5, 0.6) is 0 Å². The van der Waals surface area contributed by atoms with Gasteiger partial charge in [-0.1, -0.05) is 164 Å². The molecule has 3 nitrogen and oxygen atoms in total. The Morgan fingerprint density at radius 2 is 0.857 bits per heavy atom. The van der Waals surface area contributed by atoms with Crippen molar-refractivity contribution in [3.8, 4) is 56.1 Å². The Morgan fingerprint density at radius 1 is 0.304 bits per heavy atom. The third kappa shape index (κ3) is 5.25. The molecule has 3 heteroatoms. The number of nitrogens with zero attached hydrogens (tertiary/aromatic N) is 3. The van der Waals surface area contributed by atoms with E-state index in [1.807, 2.05) is 0 Å². The molecule has 0 atom stereocenters. The van der Waals surface area contributed by atoms with Crippen molar-refractivity contribution < 1.29 is 0 Å². The average molecular weight is 714 g/mol. The highest BCUT2D eigenvalue weighted by molar-refractivity contribution is 6.15. The standard InChI is InChI=1S/C53H35N3/c1-4-16-36(17-5-1)39-22-14-23-42(32-39)55-49-28-12-10-24-44(49)46-27-15-26-43(53(46)55)40-30-31-51-47(33-40)45-25-11-13-29-50(45)56(51)52-35-41(37-18-6-2-7-19-37)34-48(54-52)38-20-8-3-9-21-38/h1-35H. The largest absolute Gasteiger partial charge is 0.309 e. The molecule has 0 spiro atoms. The lowest BCUT2D eigenvalue weighted by atomic mass is 9.99. The van der Waals surface area contributed by atoms with Gasteiger partial charge >= 0.3 is 0 Å². The van der Waals surface area contributed by atoms with E-state index in [9.17, 15) is 0 Å². The van der Waals surface area contributed by atoms with E-state index in [0.717, 1.165) is 44.9 Å². The molecule has 3 aromatic heterocycles. The van der Waals surface area contributed by atoms with E-state index < -0.39 is 0 Å². The molecule has 0 aliphatic heterocycles. The summed E-state index contributed by atoms with van der Waals surface area (Å²) in [5.74, 6) is 0.893. The predicted octanol–water partition coefficient (Wildman–Crippen LogP) is 13.9. The summed E-state index contributed by atoms with van der Waals surface area (Å²) >= 11 is 0. The van der Waals surface area contributed by atoms with Crippen LogP contribution in [0, 0.1) is 0 Å². The average Bonchev–Trinajstić information content (AvgIpc) is 3.80. The fourth-order valence-electron chi connectivity index (χ4n) is 8.55. The molecule has 11 aromatic rings. The van der Waals surface area contributed by atoms with Crippen molar-refractivity contribution in [1.29, 1.82) is 0 Å². The first-order valence-electron chi connectivity index (χ1n) is 19.1. The predicted molar refractivity (Wildman–Crippen MR) is 235 cm³/mol. The van der Waals surface area contributed by atoms with Crippen molar-refractivity contribution >= 4 is 43.6 Å². The van der Waals surface area contributed by atoms with Crippen LogP contribution in [0.25, 0.3) is 99.8 Å². The molecule has 262 valence electrons. The topological polar surface area (TPSA) is 22.8 Å². The molecule has 0 saturated carbocycles. The van der Waals surface area contributed by atoms with Gasteiger partial charge in [0.1, 0.15) is 5.82 Å². The molecule has 0 saturated heterocycles. The second-order valence-electron chi connectivity index (χ2n) is 14.4. The summed E-state index contributed by atoms with van der Waals surface area (Å²) in [6.07, 6.45) is 0. The van der Waals surface area contributed by atoms with Gasteiger partial charge in [-0.2, -0.15) is 0 Å². The fourth-order valence-corrected chi connectivity index (χ4v) is 8.55. The van der Waals surface area contributed by atoms with Gasteiger partial charge < -0.3 is 4.57 Å². The molecule has 0 amide bonds. The molecule has 0 aliphatic carbocycles. The molecule has 0 aliphatic rings. The summed E-state index contributed by atoms with van der Waals surface area (Å²) in [6, 6.07) is 76.2. The molecule has 0 radical (unpaired) electrons. The van der Waals surface area contributed by atoms with Crippen molar-refractivity contribution in [3.05, 3.63) is 212 Å². The quantitative estimate of drug-likeness (QED) is 0.168. The molecule has 56 heavy (non-hydrogen) atoms. The molecule has 0 bridgehead atoms. The Labute approximate surface area is 325 Å². The number of benzene rings is 8. The number of hydrogen-bond donors (Lipinski definition) is 0. The number of para-hydroxylation sites is 3. The van der Waals surface area contributed by atoms with E-state index in [1.165, 1.54) is 54.8 Å². The number of rotatable bonds is 6. The van der Waals surface area contributed by atoms with E-state index in [1.54, 1.807) is 0 Å². The van der Waals surface area contributed by atoms with Crippen LogP contribution in [0.4, 0.5) is 0 Å². The van der Waals surface area contributed by atoms with Gasteiger partial charge in [-0.25, -0.2) is 4.98 Å². The van der Waals surface area contributed by atoms with Crippen molar-refractivity contribution in [3.63, 3.8) is 0 Å². The fraction of sp³-hybridized carbons (Fsp3) is 0. The Hall–Kier alpha value is -7.49. The Morgan fingerprint density at radius 3 is 1.59 bits per heavy atom. The Bertz CT molecular complexity index is 3170. The van der Waals surface area contributed by atoms with Crippen molar-refractivity contribution in [2.45, 2.75) is 0 Å². The third-order valence-corrected chi connectivity index (χ3v) is 11.1. The van der Waals surface area contributed by atoms with Gasteiger partial charge in [0.15, 0.2) is 0 Å². The van der Waals surface area contributed by atoms with E-state index >= 15 is 0 Å². The van der Waals surface area contributed by atoms with E-state index in [2.05, 4.69) is 221 Å². The molecule has 0 fully saturated rings. The number of hydrogen-bond acceptors (Lipinski definition) is 1.